The number of hydrogen-bond donors (Lipinski definition) is 2. The number of pyridine rings is 2. The molecule has 0 aliphatic rings. The van der Waals surface area contributed by atoms with Gasteiger partial charge in [0.05, 0.1) is 0 Å². The fraction of sp³-hybridized carbons (Fsp3) is 0. The van der Waals surface area contributed by atoms with Crippen molar-refractivity contribution in [2.75, 3.05) is 5.32 Å². The summed E-state index contributed by atoms with van der Waals surface area (Å²) in [6.45, 7) is 0. The summed E-state index contributed by atoms with van der Waals surface area (Å²) in [4.78, 5) is 30.2. The van der Waals surface area contributed by atoms with E-state index in [1.807, 2.05) is 0 Å². The third-order valence-corrected chi connectivity index (χ3v) is 2.11. The average molecular weight is 243 g/mol. The summed E-state index contributed by atoms with van der Waals surface area (Å²) in [7, 11) is 0. The Morgan fingerprint density at radius 1 is 1.06 bits per heavy atom. The van der Waals surface area contributed by atoms with Gasteiger partial charge in [0, 0.05) is 6.20 Å². The predicted molar refractivity (Wildman–Crippen MR) is 63.4 cm³/mol. The van der Waals surface area contributed by atoms with Crippen LogP contribution in [0.3, 0.4) is 0 Å². The number of carbonyl (C=O) groups is 2. The van der Waals surface area contributed by atoms with Gasteiger partial charge in [-0.2, -0.15) is 0 Å². The van der Waals surface area contributed by atoms with Crippen molar-refractivity contribution in [2.24, 2.45) is 0 Å². The number of hydrogen-bond acceptors (Lipinski definition) is 4. The molecule has 2 aromatic rings. The Hall–Kier alpha value is -2.76. The first-order valence-corrected chi connectivity index (χ1v) is 5.09. The van der Waals surface area contributed by atoms with Gasteiger partial charge in [0.15, 0.2) is 0 Å². The van der Waals surface area contributed by atoms with Crippen molar-refractivity contribution in [3.05, 3.63) is 54.0 Å². The van der Waals surface area contributed by atoms with Crippen LogP contribution in [0, 0.1) is 0 Å². The Morgan fingerprint density at radius 3 is 2.50 bits per heavy atom. The van der Waals surface area contributed by atoms with Gasteiger partial charge in [-0.25, -0.2) is 14.8 Å². The average Bonchev–Trinajstić information content (AvgIpc) is 2.40. The number of nitrogens with zero attached hydrogens (tertiary/aromatic N) is 2. The second kappa shape index (κ2) is 5.05. The lowest BCUT2D eigenvalue weighted by atomic mass is 10.3. The van der Waals surface area contributed by atoms with E-state index in [2.05, 4.69) is 15.3 Å². The van der Waals surface area contributed by atoms with Gasteiger partial charge in [-0.05, 0) is 24.3 Å². The van der Waals surface area contributed by atoms with Crippen molar-refractivity contribution in [2.45, 2.75) is 0 Å². The van der Waals surface area contributed by atoms with Gasteiger partial charge in [-0.1, -0.05) is 12.1 Å². The number of amides is 1. The number of rotatable bonds is 3. The first-order valence-electron chi connectivity index (χ1n) is 5.09. The van der Waals surface area contributed by atoms with Gasteiger partial charge in [-0.3, -0.25) is 4.79 Å². The van der Waals surface area contributed by atoms with E-state index in [9.17, 15) is 9.59 Å². The zero-order valence-corrected chi connectivity index (χ0v) is 9.20. The highest BCUT2D eigenvalue weighted by atomic mass is 16.4. The van der Waals surface area contributed by atoms with Gasteiger partial charge in [0.1, 0.15) is 17.2 Å². The van der Waals surface area contributed by atoms with E-state index in [0.29, 0.717) is 5.82 Å². The molecule has 2 N–H and O–H groups in total. The van der Waals surface area contributed by atoms with Gasteiger partial charge >= 0.3 is 5.97 Å². The summed E-state index contributed by atoms with van der Waals surface area (Å²) in [5.41, 5.74) is -0.149. The number of carboxylic acid groups (broad SMARTS) is 1. The van der Waals surface area contributed by atoms with E-state index < -0.39 is 11.9 Å². The Balaban J connectivity index is 2.19. The van der Waals surface area contributed by atoms with Crippen molar-refractivity contribution < 1.29 is 14.7 Å². The first-order chi connectivity index (χ1) is 8.66. The standard InChI is InChI=1S/C12H9N3O3/c16-11(15-10-6-1-2-7-13-10)8-4-3-5-9(14-8)12(17)18/h1-7H,(H,17,18)(H,13,15,16). The molecule has 0 atom stereocenters. The van der Waals surface area contributed by atoms with Crippen LogP contribution in [0.5, 0.6) is 0 Å². The largest absolute Gasteiger partial charge is 0.477 e. The molecular formula is C12H9N3O3. The molecule has 0 fully saturated rings. The van der Waals surface area contributed by atoms with Crippen LogP contribution in [-0.4, -0.2) is 27.0 Å². The fourth-order valence-electron chi connectivity index (χ4n) is 1.30. The zero-order valence-electron chi connectivity index (χ0n) is 9.20. The van der Waals surface area contributed by atoms with Crippen LogP contribution in [0.1, 0.15) is 21.0 Å². The summed E-state index contributed by atoms with van der Waals surface area (Å²) < 4.78 is 0. The van der Waals surface area contributed by atoms with Gasteiger partial charge < -0.3 is 10.4 Å². The van der Waals surface area contributed by atoms with Crippen LogP contribution < -0.4 is 5.32 Å². The summed E-state index contributed by atoms with van der Waals surface area (Å²) >= 11 is 0. The molecule has 6 nitrogen and oxygen atoms in total. The number of carbonyl (C=O) groups excluding carboxylic acids is 1. The summed E-state index contributed by atoms with van der Waals surface area (Å²) in [6.07, 6.45) is 1.54. The Kier molecular flexibility index (Phi) is 3.29. The third-order valence-electron chi connectivity index (χ3n) is 2.11. The number of aromatic carboxylic acids is 1. The highest BCUT2D eigenvalue weighted by molar-refractivity contribution is 6.02. The van der Waals surface area contributed by atoms with Crippen LogP contribution in [0.4, 0.5) is 5.82 Å². The van der Waals surface area contributed by atoms with Crippen LogP contribution in [0.25, 0.3) is 0 Å². The minimum atomic E-state index is -1.18. The summed E-state index contributed by atoms with van der Waals surface area (Å²) in [5.74, 6) is -1.30. The molecule has 0 aliphatic carbocycles. The zero-order chi connectivity index (χ0) is 13.0. The molecule has 0 spiro atoms. The maximum atomic E-state index is 11.8. The first kappa shape index (κ1) is 11.7. The summed E-state index contributed by atoms with van der Waals surface area (Å²) in [6, 6.07) is 9.29. The van der Waals surface area contributed by atoms with Crippen LogP contribution >= 0.6 is 0 Å². The molecule has 2 heterocycles. The van der Waals surface area contributed by atoms with Crippen molar-refractivity contribution in [3.8, 4) is 0 Å². The predicted octanol–water partition coefficient (Wildman–Crippen LogP) is 1.43. The minimum absolute atomic E-state index is 0.0283. The van der Waals surface area contributed by atoms with Gasteiger partial charge in [0.25, 0.3) is 5.91 Å². The molecule has 2 rings (SSSR count). The van der Waals surface area contributed by atoms with Crippen LogP contribution in [0.15, 0.2) is 42.6 Å². The third kappa shape index (κ3) is 2.67. The molecule has 6 heteroatoms. The van der Waals surface area contributed by atoms with Gasteiger partial charge in [-0.15, -0.1) is 0 Å². The molecular weight excluding hydrogens is 234 g/mol. The molecule has 1 amide bonds. The molecule has 0 radical (unpaired) electrons. The van der Waals surface area contributed by atoms with Crippen molar-refractivity contribution >= 4 is 17.7 Å². The second-order valence-electron chi connectivity index (χ2n) is 3.38. The van der Waals surface area contributed by atoms with E-state index >= 15 is 0 Å². The Morgan fingerprint density at radius 2 is 1.83 bits per heavy atom. The van der Waals surface area contributed by atoms with Gasteiger partial charge in [0.2, 0.25) is 0 Å². The topological polar surface area (TPSA) is 92.2 Å². The van der Waals surface area contributed by atoms with E-state index in [1.165, 1.54) is 24.4 Å². The maximum Gasteiger partial charge on any atom is 0.354 e. The Labute approximate surface area is 102 Å². The molecule has 2 aromatic heterocycles. The molecule has 18 heavy (non-hydrogen) atoms. The van der Waals surface area contributed by atoms with E-state index in [4.69, 9.17) is 5.11 Å². The molecule has 0 saturated carbocycles. The van der Waals surface area contributed by atoms with Crippen molar-refractivity contribution in [1.82, 2.24) is 9.97 Å². The van der Waals surface area contributed by atoms with E-state index in [-0.39, 0.29) is 11.4 Å². The molecule has 0 unspecified atom stereocenters. The fourth-order valence-corrected chi connectivity index (χ4v) is 1.30. The Bertz CT molecular complexity index is 584. The molecule has 0 aromatic carbocycles. The minimum Gasteiger partial charge on any atom is -0.477 e. The normalized spacial score (nSPS) is 9.78. The number of carboxylic acids is 1. The smallest absolute Gasteiger partial charge is 0.354 e. The maximum absolute atomic E-state index is 11.8. The van der Waals surface area contributed by atoms with Crippen LogP contribution in [0.2, 0.25) is 0 Å². The summed E-state index contributed by atoms with van der Waals surface area (Å²) in [5, 5.41) is 11.3. The number of aromatic nitrogens is 2. The number of anilines is 1. The highest BCUT2D eigenvalue weighted by Crippen LogP contribution is 2.05. The van der Waals surface area contributed by atoms with E-state index in [0.717, 1.165) is 0 Å². The molecule has 0 bridgehead atoms. The molecule has 0 aliphatic heterocycles. The number of nitrogens with one attached hydrogen (secondary N) is 1. The quantitative estimate of drug-likeness (QED) is 0.850. The van der Waals surface area contributed by atoms with Crippen LogP contribution in [-0.2, 0) is 0 Å². The lowest BCUT2D eigenvalue weighted by molar-refractivity contribution is 0.0690. The monoisotopic (exact) mass is 243 g/mol. The molecule has 0 saturated heterocycles. The second-order valence-corrected chi connectivity index (χ2v) is 3.38. The highest BCUT2D eigenvalue weighted by Gasteiger charge is 2.11. The SMILES string of the molecule is O=C(O)c1cccc(C(=O)Nc2ccccn2)n1. The lowest BCUT2D eigenvalue weighted by Crippen LogP contribution is -2.16. The van der Waals surface area contributed by atoms with Crippen molar-refractivity contribution in [3.63, 3.8) is 0 Å². The van der Waals surface area contributed by atoms with E-state index in [1.54, 1.807) is 18.2 Å². The molecule has 90 valence electrons. The van der Waals surface area contributed by atoms with Crippen molar-refractivity contribution in [1.29, 1.82) is 0 Å². The lowest BCUT2D eigenvalue weighted by Gasteiger charge is -2.03.